The van der Waals surface area contributed by atoms with Crippen molar-refractivity contribution in [1.82, 2.24) is 9.80 Å². The van der Waals surface area contributed by atoms with Crippen LogP contribution in [0.4, 0.5) is 0 Å². The average molecular weight is 266 g/mol. The molecule has 2 fully saturated rings. The van der Waals surface area contributed by atoms with Gasteiger partial charge in [-0.05, 0) is 76.9 Å². The summed E-state index contributed by atoms with van der Waals surface area (Å²) >= 11 is 0. The van der Waals surface area contributed by atoms with E-state index in [1.54, 1.807) is 0 Å². The Morgan fingerprint density at radius 3 is 2.21 bits per heavy atom. The molecule has 2 aliphatic heterocycles. The Balaban J connectivity index is 1.73. The largest absolute Gasteiger partial charge is 0.303 e. The zero-order valence-electron chi connectivity index (χ0n) is 13.6. The summed E-state index contributed by atoms with van der Waals surface area (Å²) in [4.78, 5) is 5.42. The predicted molar refractivity (Wildman–Crippen MR) is 83.4 cm³/mol. The minimum atomic E-state index is 0.731. The smallest absolute Gasteiger partial charge is 0.00387 e. The third-order valence-corrected chi connectivity index (χ3v) is 5.37. The second-order valence-electron chi connectivity index (χ2n) is 7.48. The van der Waals surface area contributed by atoms with Crippen molar-refractivity contribution in [2.24, 2.45) is 17.8 Å². The summed E-state index contributed by atoms with van der Waals surface area (Å²) < 4.78 is 0. The summed E-state index contributed by atoms with van der Waals surface area (Å²) in [5.41, 5.74) is 0. The van der Waals surface area contributed by atoms with E-state index in [9.17, 15) is 0 Å². The van der Waals surface area contributed by atoms with Crippen molar-refractivity contribution in [3.8, 4) is 0 Å². The van der Waals surface area contributed by atoms with Crippen LogP contribution in [0, 0.1) is 17.8 Å². The third-order valence-electron chi connectivity index (χ3n) is 5.37. The van der Waals surface area contributed by atoms with Gasteiger partial charge in [-0.1, -0.05) is 13.8 Å². The number of piperidine rings is 2. The highest BCUT2D eigenvalue weighted by molar-refractivity contribution is 4.80. The Morgan fingerprint density at radius 2 is 1.63 bits per heavy atom. The van der Waals surface area contributed by atoms with Gasteiger partial charge < -0.3 is 9.80 Å². The lowest BCUT2D eigenvalue weighted by Crippen LogP contribution is -2.45. The molecule has 0 unspecified atom stereocenters. The maximum atomic E-state index is 2.74. The first-order valence-corrected chi connectivity index (χ1v) is 8.52. The van der Waals surface area contributed by atoms with Crippen LogP contribution < -0.4 is 0 Å². The van der Waals surface area contributed by atoms with Crippen molar-refractivity contribution in [2.75, 3.05) is 32.7 Å². The van der Waals surface area contributed by atoms with Crippen LogP contribution in [-0.2, 0) is 0 Å². The molecule has 2 heteroatoms. The normalized spacial score (nSPS) is 28.4. The maximum Gasteiger partial charge on any atom is 0.00387 e. The van der Waals surface area contributed by atoms with E-state index in [1.807, 2.05) is 0 Å². The molecule has 2 aliphatic rings. The SMILES string of the molecule is CC(C)C1CCN(C[C@@H]2CCCN(C(C)C)C2)CC1. The molecule has 2 heterocycles. The number of nitrogens with zero attached hydrogens (tertiary/aromatic N) is 2. The topological polar surface area (TPSA) is 6.48 Å². The monoisotopic (exact) mass is 266 g/mol. The Hall–Kier alpha value is -0.0800. The molecule has 0 bridgehead atoms. The van der Waals surface area contributed by atoms with Gasteiger partial charge in [0.25, 0.3) is 0 Å². The van der Waals surface area contributed by atoms with E-state index < -0.39 is 0 Å². The summed E-state index contributed by atoms with van der Waals surface area (Å²) in [5.74, 6) is 2.79. The molecular formula is C17H34N2. The van der Waals surface area contributed by atoms with Crippen LogP contribution in [0.3, 0.4) is 0 Å². The second-order valence-corrected chi connectivity index (χ2v) is 7.48. The Labute approximate surface area is 120 Å². The van der Waals surface area contributed by atoms with E-state index in [0.29, 0.717) is 0 Å². The molecule has 0 aromatic rings. The summed E-state index contributed by atoms with van der Waals surface area (Å²) in [7, 11) is 0. The Morgan fingerprint density at radius 1 is 0.947 bits per heavy atom. The van der Waals surface area contributed by atoms with Gasteiger partial charge in [-0.2, -0.15) is 0 Å². The molecule has 2 nitrogen and oxygen atoms in total. The summed E-state index contributed by atoms with van der Waals surface area (Å²) in [6.07, 6.45) is 5.72. The number of likely N-dealkylation sites (tertiary alicyclic amines) is 2. The second kappa shape index (κ2) is 7.08. The van der Waals surface area contributed by atoms with Gasteiger partial charge >= 0.3 is 0 Å². The first kappa shape index (κ1) is 15.3. The molecule has 0 amide bonds. The van der Waals surface area contributed by atoms with E-state index in [4.69, 9.17) is 0 Å². The molecule has 0 aliphatic carbocycles. The summed E-state index contributed by atoms with van der Waals surface area (Å²) in [5, 5.41) is 0. The molecule has 0 spiro atoms. The van der Waals surface area contributed by atoms with E-state index in [1.165, 1.54) is 58.4 Å². The quantitative estimate of drug-likeness (QED) is 0.769. The van der Waals surface area contributed by atoms with Gasteiger partial charge in [-0.3, -0.25) is 0 Å². The van der Waals surface area contributed by atoms with Crippen LogP contribution in [0.2, 0.25) is 0 Å². The van der Waals surface area contributed by atoms with Crippen LogP contribution in [0.15, 0.2) is 0 Å². The third kappa shape index (κ3) is 4.46. The van der Waals surface area contributed by atoms with Crippen LogP contribution >= 0.6 is 0 Å². The van der Waals surface area contributed by atoms with Gasteiger partial charge in [-0.15, -0.1) is 0 Å². The lowest BCUT2D eigenvalue weighted by atomic mass is 9.86. The van der Waals surface area contributed by atoms with Gasteiger partial charge in [0.2, 0.25) is 0 Å². The van der Waals surface area contributed by atoms with Crippen LogP contribution in [-0.4, -0.2) is 48.6 Å². The zero-order valence-corrected chi connectivity index (χ0v) is 13.6. The first-order valence-electron chi connectivity index (χ1n) is 8.52. The molecule has 0 aromatic carbocycles. The molecule has 19 heavy (non-hydrogen) atoms. The van der Waals surface area contributed by atoms with E-state index in [-0.39, 0.29) is 0 Å². The van der Waals surface area contributed by atoms with Gasteiger partial charge in [0.15, 0.2) is 0 Å². The molecular weight excluding hydrogens is 232 g/mol. The van der Waals surface area contributed by atoms with Crippen molar-refractivity contribution < 1.29 is 0 Å². The fourth-order valence-corrected chi connectivity index (χ4v) is 3.88. The molecule has 0 N–H and O–H groups in total. The fourth-order valence-electron chi connectivity index (χ4n) is 3.88. The van der Waals surface area contributed by atoms with Gasteiger partial charge in [0.05, 0.1) is 0 Å². The van der Waals surface area contributed by atoms with E-state index in [2.05, 4.69) is 37.5 Å². The van der Waals surface area contributed by atoms with Crippen molar-refractivity contribution >= 4 is 0 Å². The minimum absolute atomic E-state index is 0.731. The molecule has 0 saturated carbocycles. The molecule has 0 aromatic heterocycles. The first-order chi connectivity index (χ1) is 9.06. The summed E-state index contributed by atoms with van der Waals surface area (Å²) in [6.45, 7) is 16.2. The Bertz CT molecular complexity index is 254. The van der Waals surface area contributed by atoms with E-state index >= 15 is 0 Å². The Kier molecular flexibility index (Phi) is 5.70. The number of hydrogen-bond donors (Lipinski definition) is 0. The highest BCUT2D eigenvalue weighted by Crippen LogP contribution is 2.26. The molecule has 0 radical (unpaired) electrons. The number of rotatable bonds is 4. The van der Waals surface area contributed by atoms with Crippen LogP contribution in [0.25, 0.3) is 0 Å². The van der Waals surface area contributed by atoms with Crippen LogP contribution in [0.5, 0.6) is 0 Å². The van der Waals surface area contributed by atoms with Crippen molar-refractivity contribution in [2.45, 2.75) is 59.4 Å². The van der Waals surface area contributed by atoms with Crippen molar-refractivity contribution in [3.05, 3.63) is 0 Å². The zero-order chi connectivity index (χ0) is 13.8. The standard InChI is InChI=1S/C17H34N2/c1-14(2)17-7-10-18(11-8-17)12-16-6-5-9-19(13-16)15(3)4/h14-17H,5-13H2,1-4H3/t16-/m0/s1. The van der Waals surface area contributed by atoms with Gasteiger partial charge in [0, 0.05) is 19.1 Å². The maximum absolute atomic E-state index is 2.74. The molecule has 112 valence electrons. The highest BCUT2D eigenvalue weighted by Gasteiger charge is 2.26. The highest BCUT2D eigenvalue weighted by atomic mass is 15.2. The van der Waals surface area contributed by atoms with Crippen molar-refractivity contribution in [1.29, 1.82) is 0 Å². The van der Waals surface area contributed by atoms with E-state index in [0.717, 1.165) is 23.8 Å². The van der Waals surface area contributed by atoms with Gasteiger partial charge in [-0.25, -0.2) is 0 Å². The van der Waals surface area contributed by atoms with Crippen LogP contribution in [0.1, 0.15) is 53.4 Å². The van der Waals surface area contributed by atoms with Gasteiger partial charge in [0.1, 0.15) is 0 Å². The average Bonchev–Trinajstić information content (AvgIpc) is 2.39. The lowest BCUT2D eigenvalue weighted by Gasteiger charge is -2.40. The predicted octanol–water partition coefficient (Wildman–Crippen LogP) is 3.47. The number of hydrogen-bond acceptors (Lipinski definition) is 2. The summed E-state index contributed by atoms with van der Waals surface area (Å²) in [6, 6.07) is 0.731. The molecule has 2 rings (SSSR count). The molecule has 2 saturated heterocycles. The lowest BCUT2D eigenvalue weighted by molar-refractivity contribution is 0.0880. The molecule has 1 atom stereocenters. The minimum Gasteiger partial charge on any atom is -0.303 e. The fraction of sp³-hybridized carbons (Fsp3) is 1.00. The van der Waals surface area contributed by atoms with Crippen molar-refractivity contribution in [3.63, 3.8) is 0 Å².